The van der Waals surface area contributed by atoms with Crippen molar-refractivity contribution in [2.24, 2.45) is 7.05 Å². The zero-order chi connectivity index (χ0) is 9.80. The molecule has 0 bridgehead atoms. The topological polar surface area (TPSA) is 3.88 Å². The summed E-state index contributed by atoms with van der Waals surface area (Å²) in [5, 5.41) is 0. The monoisotopic (exact) mass is 219 g/mol. The summed E-state index contributed by atoms with van der Waals surface area (Å²) in [6.07, 6.45) is 3.08. The second-order valence-corrected chi connectivity index (χ2v) is 3.47. The minimum Gasteiger partial charge on any atom is -1.00 e. The summed E-state index contributed by atoms with van der Waals surface area (Å²) in [5.74, 6) is 0. The number of benzene rings is 1. The maximum atomic E-state index is 2.16. The Labute approximate surface area is 96.8 Å². The maximum absolute atomic E-state index is 2.16. The van der Waals surface area contributed by atoms with Crippen molar-refractivity contribution < 1.29 is 17.0 Å². The number of halogens is 1. The van der Waals surface area contributed by atoms with Crippen molar-refractivity contribution >= 4 is 0 Å². The average molecular weight is 220 g/mol. The fourth-order valence-electron chi connectivity index (χ4n) is 1.55. The summed E-state index contributed by atoms with van der Waals surface area (Å²) in [7, 11) is 2.08. The molecular formula is C13H14ClN. The summed E-state index contributed by atoms with van der Waals surface area (Å²) in [6.45, 7) is 0. The van der Waals surface area contributed by atoms with Gasteiger partial charge in [-0.05, 0) is 5.56 Å². The number of pyridine rings is 1. The van der Waals surface area contributed by atoms with Crippen molar-refractivity contribution in [3.05, 3.63) is 66.0 Å². The van der Waals surface area contributed by atoms with E-state index in [9.17, 15) is 0 Å². The molecule has 0 aliphatic rings. The molecule has 0 radical (unpaired) electrons. The number of hydrogen-bond acceptors (Lipinski definition) is 0. The van der Waals surface area contributed by atoms with Crippen LogP contribution < -0.4 is 17.0 Å². The molecule has 0 unspecified atom stereocenters. The van der Waals surface area contributed by atoms with Gasteiger partial charge in [0, 0.05) is 12.1 Å². The summed E-state index contributed by atoms with van der Waals surface area (Å²) < 4.78 is 2.16. The molecule has 0 N–H and O–H groups in total. The van der Waals surface area contributed by atoms with Gasteiger partial charge < -0.3 is 12.4 Å². The Morgan fingerprint density at radius 3 is 2.27 bits per heavy atom. The van der Waals surface area contributed by atoms with E-state index in [0.29, 0.717) is 0 Å². The van der Waals surface area contributed by atoms with Crippen LogP contribution in [0.4, 0.5) is 0 Å². The summed E-state index contributed by atoms with van der Waals surface area (Å²) in [4.78, 5) is 0. The molecule has 78 valence electrons. The number of rotatable bonds is 2. The molecule has 2 heteroatoms. The van der Waals surface area contributed by atoms with Gasteiger partial charge in [-0.3, -0.25) is 0 Å². The zero-order valence-corrected chi connectivity index (χ0v) is 9.48. The Bertz CT molecular complexity index is 412. The van der Waals surface area contributed by atoms with Gasteiger partial charge in [0.15, 0.2) is 11.9 Å². The van der Waals surface area contributed by atoms with Gasteiger partial charge in [0.1, 0.15) is 7.05 Å². The highest BCUT2D eigenvalue weighted by Gasteiger charge is 2.04. The van der Waals surface area contributed by atoms with Crippen LogP contribution in [0.1, 0.15) is 11.3 Å². The lowest BCUT2D eigenvalue weighted by molar-refractivity contribution is -0.678. The van der Waals surface area contributed by atoms with E-state index in [-0.39, 0.29) is 12.4 Å². The molecule has 1 heterocycles. The molecule has 1 aromatic heterocycles. The first-order valence-corrected chi connectivity index (χ1v) is 4.84. The fraction of sp³-hybridized carbons (Fsp3) is 0.154. The minimum atomic E-state index is 0. The fourth-order valence-corrected chi connectivity index (χ4v) is 1.55. The molecule has 0 saturated carbocycles. The zero-order valence-electron chi connectivity index (χ0n) is 8.73. The SMILES string of the molecule is C[n+]1ccccc1Cc1ccccc1.[Cl-]. The highest BCUT2D eigenvalue weighted by Crippen LogP contribution is 2.04. The molecule has 0 spiro atoms. The van der Waals surface area contributed by atoms with Gasteiger partial charge in [0.25, 0.3) is 0 Å². The Hall–Kier alpha value is -1.34. The van der Waals surface area contributed by atoms with Gasteiger partial charge in [-0.25, -0.2) is 4.57 Å². The third-order valence-electron chi connectivity index (χ3n) is 2.39. The third-order valence-corrected chi connectivity index (χ3v) is 2.39. The van der Waals surface area contributed by atoms with Crippen molar-refractivity contribution in [3.63, 3.8) is 0 Å². The second kappa shape index (κ2) is 5.52. The van der Waals surface area contributed by atoms with E-state index in [1.165, 1.54) is 11.3 Å². The minimum absolute atomic E-state index is 0. The molecule has 0 fully saturated rings. The number of aromatic nitrogens is 1. The van der Waals surface area contributed by atoms with Crippen LogP contribution in [0, 0.1) is 0 Å². The van der Waals surface area contributed by atoms with E-state index in [0.717, 1.165) is 6.42 Å². The summed E-state index contributed by atoms with van der Waals surface area (Å²) >= 11 is 0. The third kappa shape index (κ3) is 3.07. The van der Waals surface area contributed by atoms with Crippen LogP contribution in [0.15, 0.2) is 54.7 Å². The Kier molecular flexibility index (Phi) is 4.32. The van der Waals surface area contributed by atoms with E-state index < -0.39 is 0 Å². The molecular weight excluding hydrogens is 206 g/mol. The standard InChI is InChI=1S/C13H14N.ClH/c1-14-10-6-5-9-13(14)11-12-7-3-2-4-8-12;/h2-10H,11H2,1H3;1H/q+1;/p-1. The number of hydrogen-bond donors (Lipinski definition) is 0. The van der Waals surface area contributed by atoms with Gasteiger partial charge in [-0.1, -0.05) is 36.4 Å². The van der Waals surface area contributed by atoms with E-state index in [1.807, 2.05) is 0 Å². The molecule has 0 aliphatic carbocycles. The molecule has 1 aromatic carbocycles. The first-order valence-electron chi connectivity index (χ1n) is 4.84. The predicted octanol–water partition coefficient (Wildman–Crippen LogP) is -0.894. The summed E-state index contributed by atoms with van der Waals surface area (Å²) in [5.41, 5.74) is 2.69. The van der Waals surface area contributed by atoms with E-state index in [2.05, 4.69) is 66.3 Å². The summed E-state index contributed by atoms with van der Waals surface area (Å²) in [6, 6.07) is 16.8. The van der Waals surface area contributed by atoms with Crippen LogP contribution in [0.5, 0.6) is 0 Å². The highest BCUT2D eigenvalue weighted by molar-refractivity contribution is 5.19. The largest absolute Gasteiger partial charge is 1.00 e. The normalized spacial score (nSPS) is 9.40. The Morgan fingerprint density at radius 1 is 0.933 bits per heavy atom. The van der Waals surface area contributed by atoms with Crippen molar-refractivity contribution in [1.29, 1.82) is 0 Å². The van der Waals surface area contributed by atoms with Gasteiger partial charge >= 0.3 is 0 Å². The van der Waals surface area contributed by atoms with Crippen LogP contribution in [0.2, 0.25) is 0 Å². The lowest BCUT2D eigenvalue weighted by Gasteiger charge is -1.99. The first-order chi connectivity index (χ1) is 6.86. The first kappa shape index (κ1) is 11.7. The van der Waals surface area contributed by atoms with Crippen molar-refractivity contribution in [2.45, 2.75) is 6.42 Å². The van der Waals surface area contributed by atoms with Gasteiger partial charge in [-0.2, -0.15) is 0 Å². The average Bonchev–Trinajstić information content (AvgIpc) is 2.23. The van der Waals surface area contributed by atoms with Crippen LogP contribution in [0.25, 0.3) is 0 Å². The highest BCUT2D eigenvalue weighted by atomic mass is 35.5. The molecule has 0 aliphatic heterocycles. The van der Waals surface area contributed by atoms with Gasteiger partial charge in [0.05, 0.1) is 6.42 Å². The van der Waals surface area contributed by atoms with Gasteiger partial charge in [0.2, 0.25) is 0 Å². The molecule has 1 nitrogen and oxygen atoms in total. The molecule has 2 rings (SSSR count). The maximum Gasteiger partial charge on any atom is 0.185 e. The quantitative estimate of drug-likeness (QED) is 0.577. The number of aryl methyl sites for hydroxylation is 1. The van der Waals surface area contributed by atoms with E-state index >= 15 is 0 Å². The van der Waals surface area contributed by atoms with Crippen molar-refractivity contribution in [1.82, 2.24) is 0 Å². The Morgan fingerprint density at radius 2 is 1.60 bits per heavy atom. The van der Waals surface area contributed by atoms with Crippen molar-refractivity contribution in [3.8, 4) is 0 Å². The van der Waals surface area contributed by atoms with E-state index in [4.69, 9.17) is 0 Å². The van der Waals surface area contributed by atoms with E-state index in [1.54, 1.807) is 0 Å². The molecule has 0 atom stereocenters. The molecule has 15 heavy (non-hydrogen) atoms. The lowest BCUT2D eigenvalue weighted by atomic mass is 10.1. The molecule has 0 amide bonds. The van der Waals surface area contributed by atoms with Crippen LogP contribution in [-0.2, 0) is 13.5 Å². The second-order valence-electron chi connectivity index (χ2n) is 3.47. The Balaban J connectivity index is 0.00000112. The number of nitrogens with zero attached hydrogens (tertiary/aromatic N) is 1. The van der Waals surface area contributed by atoms with Crippen LogP contribution in [0.3, 0.4) is 0 Å². The van der Waals surface area contributed by atoms with Crippen LogP contribution >= 0.6 is 0 Å². The predicted molar refractivity (Wildman–Crippen MR) is 56.9 cm³/mol. The smallest absolute Gasteiger partial charge is 0.185 e. The van der Waals surface area contributed by atoms with Crippen molar-refractivity contribution in [2.75, 3.05) is 0 Å². The molecule has 0 saturated heterocycles. The van der Waals surface area contributed by atoms with Gasteiger partial charge in [-0.15, -0.1) is 0 Å². The van der Waals surface area contributed by atoms with Crippen LogP contribution in [-0.4, -0.2) is 0 Å². The lowest BCUT2D eigenvalue weighted by Crippen LogP contribution is -3.00. The molecule has 2 aromatic rings.